The second-order valence-electron chi connectivity index (χ2n) is 4.97. The Morgan fingerprint density at radius 2 is 1.92 bits per heavy atom. The van der Waals surface area contributed by atoms with Gasteiger partial charge in [-0.25, -0.2) is 10.1 Å². The highest BCUT2D eigenvalue weighted by atomic mass is 79.9. The maximum atomic E-state index is 11.9. The Labute approximate surface area is 147 Å². The monoisotopic (exact) mass is 383 g/mol. The number of benzene rings is 2. The molecule has 120 valence electrons. The van der Waals surface area contributed by atoms with Gasteiger partial charge in [0, 0.05) is 4.48 Å². The number of aromatic nitrogens is 3. The molecule has 3 rings (SSSR count). The van der Waals surface area contributed by atoms with E-state index in [4.69, 9.17) is 0 Å². The van der Waals surface area contributed by atoms with Gasteiger partial charge in [-0.05, 0) is 39.7 Å². The Morgan fingerprint density at radius 1 is 1.17 bits per heavy atom. The molecule has 0 radical (unpaired) electrons. The molecule has 6 nitrogen and oxygen atoms in total. The first-order valence-electron chi connectivity index (χ1n) is 7.25. The summed E-state index contributed by atoms with van der Waals surface area (Å²) in [6.45, 7) is 0.0534. The van der Waals surface area contributed by atoms with E-state index in [0.717, 1.165) is 21.1 Å². The van der Waals surface area contributed by atoms with Crippen LogP contribution in [-0.2, 0) is 11.3 Å². The van der Waals surface area contributed by atoms with Crippen LogP contribution in [0.1, 0.15) is 5.56 Å². The molecule has 0 bridgehead atoms. The number of nitrogens with one attached hydrogen (secondary N) is 1. The molecule has 0 saturated heterocycles. The summed E-state index contributed by atoms with van der Waals surface area (Å²) in [6.07, 6.45) is 3.44. The van der Waals surface area contributed by atoms with Gasteiger partial charge >= 0.3 is 0 Å². The molecule has 0 unspecified atom stereocenters. The van der Waals surface area contributed by atoms with E-state index in [2.05, 4.69) is 36.8 Å². The third kappa shape index (κ3) is 4.14. The van der Waals surface area contributed by atoms with Crippen LogP contribution in [0.5, 0.6) is 0 Å². The van der Waals surface area contributed by atoms with Crippen LogP contribution >= 0.6 is 15.9 Å². The largest absolute Gasteiger partial charge is 0.271 e. The second-order valence-corrected chi connectivity index (χ2v) is 5.88. The first-order chi connectivity index (χ1) is 11.7. The highest BCUT2D eigenvalue weighted by Crippen LogP contribution is 2.10. The average molecular weight is 384 g/mol. The maximum absolute atomic E-state index is 11.9. The third-order valence-corrected chi connectivity index (χ3v) is 3.63. The Hall–Kier alpha value is -2.80. The van der Waals surface area contributed by atoms with Crippen molar-refractivity contribution in [3.8, 4) is 0 Å². The van der Waals surface area contributed by atoms with Gasteiger partial charge in [-0.2, -0.15) is 5.10 Å². The third-order valence-electron chi connectivity index (χ3n) is 3.19. The number of nitrogens with zero attached hydrogens (tertiary/aromatic N) is 4. The van der Waals surface area contributed by atoms with Crippen molar-refractivity contribution < 1.29 is 4.79 Å². The Balaban J connectivity index is 1.58. The van der Waals surface area contributed by atoms with E-state index in [0.29, 0.717) is 0 Å². The van der Waals surface area contributed by atoms with Crippen LogP contribution in [0.25, 0.3) is 17.1 Å². The van der Waals surface area contributed by atoms with E-state index in [1.165, 1.54) is 10.9 Å². The first kappa shape index (κ1) is 16.1. The number of carbonyl (C=O) groups excluding carboxylic acids is 1. The lowest BCUT2D eigenvalue weighted by Gasteiger charge is -2.01. The minimum absolute atomic E-state index is 0.0534. The van der Waals surface area contributed by atoms with Crippen molar-refractivity contribution in [2.24, 2.45) is 5.10 Å². The van der Waals surface area contributed by atoms with Crippen LogP contribution in [0.15, 0.2) is 64.2 Å². The summed E-state index contributed by atoms with van der Waals surface area (Å²) in [6, 6.07) is 17.3. The number of amides is 1. The van der Waals surface area contributed by atoms with Crippen LogP contribution in [0.4, 0.5) is 0 Å². The molecule has 3 aromatic rings. The minimum atomic E-state index is -0.276. The summed E-state index contributed by atoms with van der Waals surface area (Å²) in [5.74, 6) is -0.276. The number of hydrazone groups is 1. The Kier molecular flexibility index (Phi) is 5.12. The molecule has 0 aliphatic rings. The van der Waals surface area contributed by atoms with Crippen molar-refractivity contribution >= 4 is 45.2 Å². The second kappa shape index (κ2) is 7.65. The smallest absolute Gasteiger partial charge is 0.261 e. The van der Waals surface area contributed by atoms with Gasteiger partial charge in [0.1, 0.15) is 12.1 Å². The van der Waals surface area contributed by atoms with Crippen LogP contribution in [0.2, 0.25) is 0 Å². The lowest BCUT2D eigenvalue weighted by atomic mass is 10.2. The van der Waals surface area contributed by atoms with Gasteiger partial charge in [0.15, 0.2) is 0 Å². The number of hydrogen-bond acceptors (Lipinski definition) is 4. The zero-order chi connectivity index (χ0) is 16.8. The van der Waals surface area contributed by atoms with Crippen molar-refractivity contribution in [3.63, 3.8) is 0 Å². The molecule has 1 amide bonds. The molecule has 1 aromatic heterocycles. The number of rotatable bonds is 5. The molecule has 2 aromatic carbocycles. The average Bonchev–Trinajstić information content (AvgIpc) is 2.99. The lowest BCUT2D eigenvalue weighted by molar-refractivity contribution is -0.121. The van der Waals surface area contributed by atoms with Crippen molar-refractivity contribution in [1.82, 2.24) is 20.4 Å². The van der Waals surface area contributed by atoms with E-state index in [1.807, 2.05) is 60.7 Å². The molecular formula is C17H14BrN5O. The maximum Gasteiger partial charge on any atom is 0.261 e. The molecule has 0 aliphatic carbocycles. The summed E-state index contributed by atoms with van der Waals surface area (Å²) in [5.41, 5.74) is 5.07. The zero-order valence-corrected chi connectivity index (χ0v) is 14.2. The summed E-state index contributed by atoms with van der Waals surface area (Å²) >= 11 is 3.39. The molecule has 7 heteroatoms. The van der Waals surface area contributed by atoms with Gasteiger partial charge in [-0.15, -0.1) is 5.10 Å². The number of hydrogen-bond donors (Lipinski definition) is 1. The number of halogens is 1. The molecule has 24 heavy (non-hydrogen) atoms. The summed E-state index contributed by atoms with van der Waals surface area (Å²) < 4.78 is 2.29. The van der Waals surface area contributed by atoms with E-state index in [-0.39, 0.29) is 12.5 Å². The predicted molar refractivity (Wildman–Crippen MR) is 97.5 cm³/mol. The standard InChI is InChI=1S/C17H14BrN5O/c18-14(10-13-6-2-1-3-7-13)11-19-21-17(24)12-23-16-9-5-4-8-15(16)20-22-23/h1-11H,12H2,(H,21,24). The summed E-state index contributed by atoms with van der Waals surface area (Å²) in [5, 5.41) is 11.9. The van der Waals surface area contributed by atoms with Crippen LogP contribution < -0.4 is 5.43 Å². The fourth-order valence-electron chi connectivity index (χ4n) is 2.12. The molecule has 0 spiro atoms. The summed E-state index contributed by atoms with van der Waals surface area (Å²) in [4.78, 5) is 11.9. The zero-order valence-electron chi connectivity index (χ0n) is 12.6. The van der Waals surface area contributed by atoms with E-state index in [1.54, 1.807) is 0 Å². The van der Waals surface area contributed by atoms with E-state index in [9.17, 15) is 4.79 Å². The fraction of sp³-hybridized carbons (Fsp3) is 0.0588. The number of allylic oxidation sites excluding steroid dienone is 1. The minimum Gasteiger partial charge on any atom is -0.271 e. The van der Waals surface area contributed by atoms with Crippen molar-refractivity contribution in [1.29, 1.82) is 0 Å². The van der Waals surface area contributed by atoms with Crippen LogP contribution in [0.3, 0.4) is 0 Å². The first-order valence-corrected chi connectivity index (χ1v) is 8.04. The highest BCUT2D eigenvalue weighted by Gasteiger charge is 2.07. The molecule has 0 aliphatic heterocycles. The SMILES string of the molecule is O=C(Cn1nnc2ccccc21)NN=CC(Br)=Cc1ccccc1. The van der Waals surface area contributed by atoms with Gasteiger partial charge in [0.2, 0.25) is 0 Å². The van der Waals surface area contributed by atoms with Gasteiger partial charge in [-0.1, -0.05) is 47.7 Å². The Bertz CT molecular complexity index is 901. The summed E-state index contributed by atoms with van der Waals surface area (Å²) in [7, 11) is 0. The highest BCUT2D eigenvalue weighted by molar-refractivity contribution is 9.12. The molecule has 1 N–H and O–H groups in total. The number of para-hydroxylation sites is 1. The quantitative estimate of drug-likeness (QED) is 0.543. The van der Waals surface area contributed by atoms with Crippen LogP contribution in [-0.4, -0.2) is 27.1 Å². The molecule has 0 atom stereocenters. The van der Waals surface area contributed by atoms with E-state index >= 15 is 0 Å². The predicted octanol–water partition coefficient (Wildman–Crippen LogP) is 2.97. The van der Waals surface area contributed by atoms with Crippen molar-refractivity contribution in [2.45, 2.75) is 6.54 Å². The lowest BCUT2D eigenvalue weighted by Crippen LogP contribution is -2.23. The fourth-order valence-corrected chi connectivity index (χ4v) is 2.48. The topological polar surface area (TPSA) is 72.2 Å². The van der Waals surface area contributed by atoms with Crippen LogP contribution in [0, 0.1) is 0 Å². The Morgan fingerprint density at radius 3 is 2.75 bits per heavy atom. The normalized spacial score (nSPS) is 12.0. The molecular weight excluding hydrogens is 370 g/mol. The van der Waals surface area contributed by atoms with Crippen molar-refractivity contribution in [2.75, 3.05) is 0 Å². The van der Waals surface area contributed by atoms with Gasteiger partial charge < -0.3 is 0 Å². The molecule has 0 fully saturated rings. The number of fused-ring (bicyclic) bond motifs is 1. The van der Waals surface area contributed by atoms with Gasteiger partial charge in [0.05, 0.1) is 11.7 Å². The molecule has 1 heterocycles. The van der Waals surface area contributed by atoms with E-state index < -0.39 is 0 Å². The van der Waals surface area contributed by atoms with Gasteiger partial charge in [-0.3, -0.25) is 4.79 Å². The van der Waals surface area contributed by atoms with Gasteiger partial charge in [0.25, 0.3) is 5.91 Å². The number of carbonyl (C=O) groups is 1. The molecule has 0 saturated carbocycles. The van der Waals surface area contributed by atoms with Crippen molar-refractivity contribution in [3.05, 3.63) is 64.6 Å².